The van der Waals surface area contributed by atoms with Gasteiger partial charge in [-0.15, -0.1) is 0 Å². The second kappa shape index (κ2) is 16.6. The average Bonchev–Trinajstić information content (AvgIpc) is 4.01. The van der Waals surface area contributed by atoms with Crippen LogP contribution in [0.5, 0.6) is 0 Å². The predicted octanol–water partition coefficient (Wildman–Crippen LogP) is 6.22. The van der Waals surface area contributed by atoms with Gasteiger partial charge in [-0.25, -0.2) is 19.6 Å². The van der Waals surface area contributed by atoms with Crippen molar-refractivity contribution in [3.05, 3.63) is 72.6 Å². The zero-order valence-corrected chi connectivity index (χ0v) is 30.7. The number of aromatic nitrogens is 4. The lowest BCUT2D eigenvalue weighted by Crippen LogP contribution is -2.51. The Hall–Kier alpha value is -5.66. The molecule has 0 bridgehead atoms. The van der Waals surface area contributed by atoms with Crippen LogP contribution in [0.15, 0.2) is 60.9 Å². The number of likely N-dealkylation sites (tertiary alicyclic amines) is 2. The molecule has 0 saturated carbocycles. The Bertz CT molecular complexity index is 2000. The predicted molar refractivity (Wildman–Crippen MR) is 203 cm³/mol. The summed E-state index contributed by atoms with van der Waals surface area (Å²) in [7, 11) is -5.85. The van der Waals surface area contributed by atoms with E-state index in [-0.39, 0.29) is 35.7 Å². The van der Waals surface area contributed by atoms with E-state index in [1.165, 1.54) is 0 Å². The number of alkyl carbamates (subject to hydrolysis) is 2. The van der Waals surface area contributed by atoms with Crippen LogP contribution in [-0.4, -0.2) is 93.0 Å². The first-order valence-corrected chi connectivity index (χ1v) is 18.2. The van der Waals surface area contributed by atoms with Crippen LogP contribution in [-0.2, 0) is 19.1 Å². The molecule has 2 aliphatic rings. The lowest BCUT2D eigenvalue weighted by Gasteiger charge is -2.30. The van der Waals surface area contributed by atoms with Crippen molar-refractivity contribution in [2.24, 2.45) is 11.8 Å². The first kappa shape index (κ1) is 30.8. The molecular weight excluding hydrogens is 688 g/mol. The second-order valence-corrected chi connectivity index (χ2v) is 14.4. The molecule has 2 aromatic heterocycles. The summed E-state index contributed by atoms with van der Waals surface area (Å²) in [6, 6.07) is 13.3. The second-order valence-electron chi connectivity index (χ2n) is 14.4. The van der Waals surface area contributed by atoms with Gasteiger partial charge in [-0.1, -0.05) is 76.2 Å². The van der Waals surface area contributed by atoms with Gasteiger partial charge in [0.05, 0.1) is 58.2 Å². The van der Waals surface area contributed by atoms with Crippen LogP contribution in [0.2, 0.25) is 0 Å². The van der Waals surface area contributed by atoms with Gasteiger partial charge in [-0.3, -0.25) is 9.59 Å². The highest BCUT2D eigenvalue weighted by atomic mass is 16.5. The van der Waals surface area contributed by atoms with E-state index >= 15 is 0 Å². The molecule has 2 aromatic carbocycles. The number of methoxy groups -OCH3 is 2. The van der Waals surface area contributed by atoms with Crippen LogP contribution in [0.3, 0.4) is 0 Å². The van der Waals surface area contributed by atoms with Gasteiger partial charge in [0, 0.05) is 13.1 Å². The van der Waals surface area contributed by atoms with Crippen molar-refractivity contribution in [2.75, 3.05) is 27.2 Å². The number of benzene rings is 2. The minimum Gasteiger partial charge on any atom is -0.453 e. The van der Waals surface area contributed by atoms with Gasteiger partial charge in [0.1, 0.15) is 23.7 Å². The molecule has 0 unspecified atom stereocenters. The normalized spacial score (nSPS) is 20.3. The Morgan fingerprint density at radius 1 is 0.667 bits per heavy atom. The summed E-state index contributed by atoms with van der Waals surface area (Å²) in [5, 5.41) is 4.86. The summed E-state index contributed by atoms with van der Waals surface area (Å²) in [6.45, 7) is 7.98. The van der Waals surface area contributed by atoms with Crippen molar-refractivity contribution in [2.45, 2.75) is 77.5 Å². The van der Waals surface area contributed by atoms with Crippen molar-refractivity contribution in [3.63, 3.8) is 0 Å². The molecule has 286 valence electrons. The molecule has 14 heteroatoms. The van der Waals surface area contributed by atoms with Gasteiger partial charge in [-0.2, -0.15) is 0 Å². The van der Waals surface area contributed by atoms with E-state index in [2.05, 4.69) is 40.0 Å². The maximum atomic E-state index is 13.6. The third-order valence-corrected chi connectivity index (χ3v) is 10.2. The Morgan fingerprint density at radius 3 is 1.39 bits per heavy atom. The van der Waals surface area contributed by atoms with Gasteiger partial charge < -0.3 is 39.9 Å². The molecule has 4 atom stereocenters. The largest absolute Gasteiger partial charge is 0.453 e. The number of amides is 4. The van der Waals surface area contributed by atoms with Crippen molar-refractivity contribution in [1.82, 2.24) is 40.4 Å². The van der Waals surface area contributed by atoms with Crippen LogP contribution in [0.25, 0.3) is 33.6 Å². The number of H-pyrrole nitrogens is 2. The van der Waals surface area contributed by atoms with Gasteiger partial charge in [0.25, 0.3) is 0 Å². The molecule has 0 radical (unpaired) electrons. The Kier molecular flexibility index (Phi) is 9.44. The van der Waals surface area contributed by atoms with Gasteiger partial charge in [0.15, 0.2) is 0 Å². The Balaban J connectivity index is 1.09. The van der Waals surface area contributed by atoms with Crippen molar-refractivity contribution in [3.8, 4) is 33.6 Å². The Morgan fingerprint density at radius 2 is 1.04 bits per heavy atom. The van der Waals surface area contributed by atoms with Crippen molar-refractivity contribution >= 4 is 24.0 Å². The van der Waals surface area contributed by atoms with Gasteiger partial charge in [0.2, 0.25) is 11.8 Å². The number of imidazole rings is 2. The van der Waals surface area contributed by atoms with E-state index in [0.717, 1.165) is 46.5 Å². The van der Waals surface area contributed by atoms with E-state index in [9.17, 15) is 19.2 Å². The molecular formula is C40H50N8O6. The Labute approximate surface area is 323 Å². The summed E-state index contributed by atoms with van der Waals surface area (Å²) in [5.41, 5.74) is 5.32. The van der Waals surface area contributed by atoms with Crippen molar-refractivity contribution < 1.29 is 36.9 Å². The molecule has 4 aromatic rings. The summed E-state index contributed by atoms with van der Waals surface area (Å²) < 4.78 is 52.0. The maximum absolute atomic E-state index is 13.6. The molecule has 4 heterocycles. The fourth-order valence-corrected chi connectivity index (χ4v) is 7.32. The van der Waals surface area contributed by atoms with Crippen LogP contribution < -0.4 is 10.6 Å². The number of hydrogen-bond donors (Lipinski definition) is 4. The molecule has 2 saturated heterocycles. The number of carbonyl (C=O) groups is 4. The summed E-state index contributed by atoms with van der Waals surface area (Å²) >= 11 is 0. The molecule has 2 fully saturated rings. The number of nitrogens with zero attached hydrogens (tertiary/aromatic N) is 4. The number of rotatable bonds is 11. The van der Waals surface area contributed by atoms with Gasteiger partial charge >= 0.3 is 12.2 Å². The molecule has 4 amide bonds. The van der Waals surface area contributed by atoms with E-state index in [1.54, 1.807) is 49.9 Å². The average molecular weight is 745 g/mol. The molecule has 14 nitrogen and oxygen atoms in total. The highest BCUT2D eigenvalue weighted by Gasteiger charge is 2.39. The minimum atomic E-state index is -2.93. The third-order valence-electron chi connectivity index (χ3n) is 10.2. The zero-order valence-electron chi connectivity index (χ0n) is 36.7. The first-order chi connectivity index (χ1) is 28.3. The molecule has 0 spiro atoms. The maximum Gasteiger partial charge on any atom is 0.407 e. The number of carbonyl (C=O) groups excluding carboxylic acids is 4. The fraction of sp³-hybridized carbons (Fsp3) is 0.450. The quantitative estimate of drug-likeness (QED) is 0.140. The molecule has 4 N–H and O–H groups in total. The van der Waals surface area contributed by atoms with E-state index in [1.807, 2.05) is 48.5 Å². The number of nitrogens with one attached hydrogen (secondary N) is 4. The number of hydrogen-bond acceptors (Lipinski definition) is 8. The van der Waals surface area contributed by atoms with Crippen LogP contribution >= 0.6 is 0 Å². The number of aromatic amines is 2. The van der Waals surface area contributed by atoms with E-state index in [4.69, 9.17) is 8.22 Å². The summed E-state index contributed by atoms with van der Waals surface area (Å²) in [4.78, 5) is 71.0. The van der Waals surface area contributed by atoms with Crippen LogP contribution in [0.4, 0.5) is 9.59 Å². The van der Waals surface area contributed by atoms with Crippen LogP contribution in [0.1, 0.15) is 85.3 Å². The highest BCUT2D eigenvalue weighted by Crippen LogP contribution is 2.35. The first-order valence-electron chi connectivity index (χ1n) is 21.2. The lowest BCUT2D eigenvalue weighted by atomic mass is 10.0. The summed E-state index contributed by atoms with van der Waals surface area (Å²) in [5.74, 6) is -0.0878. The smallest absolute Gasteiger partial charge is 0.407 e. The lowest BCUT2D eigenvalue weighted by molar-refractivity contribution is -0.136. The van der Waals surface area contributed by atoms with E-state index < -0.39 is 38.3 Å². The SMILES string of the molecule is [2H]C([2H])([2H])OC(=O)N[C@@H](C(=O)N1CCC[C@@H]1c1ncc(-c2ccc(-c3ccc(-c4cnc([C@H]5CCCN5C(=O)[C@H](NC(=O)OC([2H])([2H])[2H])C(C)C)[nH]4)cc3)cc2)[nH]1)C(C)C. The monoisotopic (exact) mass is 744 g/mol. The van der Waals surface area contributed by atoms with Gasteiger partial charge in [-0.05, 0) is 59.8 Å². The fourth-order valence-electron chi connectivity index (χ4n) is 7.32. The van der Waals surface area contributed by atoms with E-state index in [0.29, 0.717) is 37.6 Å². The zero-order chi connectivity index (χ0) is 43.5. The topological polar surface area (TPSA) is 175 Å². The highest BCUT2D eigenvalue weighted by molar-refractivity contribution is 5.87. The third kappa shape index (κ3) is 8.12. The van der Waals surface area contributed by atoms with Crippen LogP contribution in [0, 0.1) is 11.8 Å². The molecule has 2 aliphatic heterocycles. The number of ether oxygens (including phenoxy) is 2. The van der Waals surface area contributed by atoms with Crippen molar-refractivity contribution in [1.29, 1.82) is 0 Å². The molecule has 6 rings (SSSR count). The summed E-state index contributed by atoms with van der Waals surface area (Å²) in [6.07, 6.45) is 3.92. The molecule has 0 aliphatic carbocycles. The molecule has 54 heavy (non-hydrogen) atoms. The minimum absolute atomic E-state index is 0.321. The standard InChI is InChI=1S/C40H50N8O6/c1-23(2)33(45-39(51)53-5)37(49)47-19-7-9-31(47)35-41-21-29(43-35)27-15-11-25(12-16-27)26-13-17-28(18-14-26)30-22-42-36(44-30)32-10-8-20-48(32)38(50)34(24(3)4)46-40(52)54-6/h11-18,21-24,31-34H,7-10,19-20H2,1-6H3,(H,41,43)(H,42,44)(H,45,51)(H,46,52)/t31-,32-,33-,34-/m1/s1/i5D3,6D3.